The second-order valence-corrected chi connectivity index (χ2v) is 4.12. The Morgan fingerprint density at radius 3 is 3.07 bits per heavy atom. The molecular formula is C6H9ClN5O2S+. The lowest BCUT2D eigenvalue weighted by Gasteiger charge is -1.96. The highest BCUT2D eigenvalue weighted by Gasteiger charge is 2.12. The molecule has 0 aliphatic rings. The van der Waals surface area contributed by atoms with Gasteiger partial charge in [-0.05, 0) is 0 Å². The van der Waals surface area contributed by atoms with E-state index in [1.54, 1.807) is 13.2 Å². The minimum atomic E-state index is -0.654. The van der Waals surface area contributed by atoms with Gasteiger partial charge in [0.05, 0.1) is 11.9 Å². The van der Waals surface area contributed by atoms with Crippen molar-refractivity contribution in [1.82, 2.24) is 15.7 Å². The molecule has 0 aromatic carbocycles. The standard InChI is InChI=1S/C6H8ClN5O2S/c1-8-6(11-12(13)14)10-3-4-2-9-5(7)15-4/h2H,3H2,1H3,(H2,8,10,11)/p+1. The van der Waals surface area contributed by atoms with E-state index in [9.17, 15) is 10.1 Å². The van der Waals surface area contributed by atoms with Crippen LogP contribution in [0.15, 0.2) is 6.20 Å². The van der Waals surface area contributed by atoms with Crippen molar-refractivity contribution in [2.75, 3.05) is 7.05 Å². The van der Waals surface area contributed by atoms with Crippen LogP contribution in [0, 0.1) is 10.1 Å². The summed E-state index contributed by atoms with van der Waals surface area (Å²) < 4.78 is 0.444. The molecule has 0 aliphatic carbocycles. The molecule has 0 radical (unpaired) electrons. The van der Waals surface area contributed by atoms with Crippen LogP contribution in [0.2, 0.25) is 4.47 Å². The third kappa shape index (κ3) is 4.09. The maximum absolute atomic E-state index is 10.1. The lowest BCUT2D eigenvalue weighted by atomic mass is 10.5. The molecule has 0 saturated heterocycles. The molecule has 7 nitrogen and oxygen atoms in total. The van der Waals surface area contributed by atoms with E-state index in [2.05, 4.69) is 15.3 Å². The van der Waals surface area contributed by atoms with E-state index < -0.39 is 5.03 Å². The number of nitrogens with zero attached hydrogens (tertiary/aromatic N) is 2. The number of hydrogen-bond donors (Lipinski definition) is 3. The van der Waals surface area contributed by atoms with Gasteiger partial charge in [0.25, 0.3) is 0 Å². The van der Waals surface area contributed by atoms with Gasteiger partial charge in [-0.3, -0.25) is 10.3 Å². The fourth-order valence-electron chi connectivity index (χ4n) is 0.816. The van der Waals surface area contributed by atoms with Gasteiger partial charge >= 0.3 is 5.96 Å². The molecule has 1 heterocycles. The first-order chi connectivity index (χ1) is 7.11. The average molecular weight is 251 g/mol. The van der Waals surface area contributed by atoms with Gasteiger partial charge in [-0.2, -0.15) is 0 Å². The van der Waals surface area contributed by atoms with Crippen LogP contribution in [0.4, 0.5) is 0 Å². The summed E-state index contributed by atoms with van der Waals surface area (Å²) in [4.78, 5) is 17.5. The highest BCUT2D eigenvalue weighted by Crippen LogP contribution is 2.16. The highest BCUT2D eigenvalue weighted by atomic mass is 35.5. The summed E-state index contributed by atoms with van der Waals surface area (Å²) in [5.74, 6) is 0.213. The van der Waals surface area contributed by atoms with Crippen LogP contribution in [-0.4, -0.2) is 23.0 Å². The maximum Gasteiger partial charge on any atom is 0.406 e. The van der Waals surface area contributed by atoms with Crippen molar-refractivity contribution in [2.45, 2.75) is 6.54 Å². The summed E-state index contributed by atoms with van der Waals surface area (Å²) in [6.45, 7) is 0.418. The van der Waals surface area contributed by atoms with Crippen molar-refractivity contribution in [1.29, 1.82) is 0 Å². The SMILES string of the molecule is C[NH+]=C(NCc1cnc(Cl)s1)N[N+](=O)[O-]. The number of thiazole rings is 1. The molecule has 1 rings (SSSR count). The molecule has 0 unspecified atom stereocenters. The summed E-state index contributed by atoms with van der Waals surface area (Å²) in [7, 11) is 1.57. The Labute approximate surface area is 94.3 Å². The Morgan fingerprint density at radius 1 is 1.87 bits per heavy atom. The fraction of sp³-hybridized carbons (Fsp3) is 0.333. The number of nitro groups is 1. The second kappa shape index (κ2) is 5.47. The van der Waals surface area contributed by atoms with Gasteiger partial charge in [-0.25, -0.2) is 15.1 Å². The van der Waals surface area contributed by atoms with Gasteiger partial charge in [-0.1, -0.05) is 11.6 Å². The minimum Gasteiger partial charge on any atom is -0.276 e. The van der Waals surface area contributed by atoms with E-state index in [1.165, 1.54) is 11.3 Å². The number of nitrogens with one attached hydrogen (secondary N) is 3. The van der Waals surface area contributed by atoms with E-state index in [-0.39, 0.29) is 5.96 Å². The summed E-state index contributed by atoms with van der Waals surface area (Å²) >= 11 is 6.94. The molecule has 3 N–H and O–H groups in total. The molecule has 1 aromatic rings. The van der Waals surface area contributed by atoms with Gasteiger partial charge in [0, 0.05) is 11.6 Å². The zero-order valence-electron chi connectivity index (χ0n) is 7.78. The Morgan fingerprint density at radius 2 is 2.60 bits per heavy atom. The highest BCUT2D eigenvalue weighted by molar-refractivity contribution is 7.15. The molecule has 1 aromatic heterocycles. The van der Waals surface area contributed by atoms with Crippen molar-refractivity contribution in [3.8, 4) is 0 Å². The Kier molecular flexibility index (Phi) is 4.25. The lowest BCUT2D eigenvalue weighted by molar-refractivity contribution is -0.542. The number of hydrogen-bond acceptors (Lipinski definition) is 4. The molecule has 15 heavy (non-hydrogen) atoms. The van der Waals surface area contributed by atoms with Crippen LogP contribution in [0.25, 0.3) is 0 Å². The van der Waals surface area contributed by atoms with Crippen molar-refractivity contribution in [3.63, 3.8) is 0 Å². The maximum atomic E-state index is 10.1. The van der Waals surface area contributed by atoms with Crippen molar-refractivity contribution >= 4 is 28.9 Å². The molecule has 0 fully saturated rings. The van der Waals surface area contributed by atoms with Crippen molar-refractivity contribution in [2.24, 2.45) is 0 Å². The molecule has 9 heteroatoms. The van der Waals surface area contributed by atoms with Gasteiger partial charge in [-0.15, -0.1) is 11.3 Å². The van der Waals surface area contributed by atoms with Gasteiger partial charge < -0.3 is 0 Å². The molecule has 0 bridgehead atoms. The van der Waals surface area contributed by atoms with E-state index in [4.69, 9.17) is 11.6 Å². The van der Waals surface area contributed by atoms with Crippen LogP contribution in [-0.2, 0) is 6.54 Å². The number of rotatable bonds is 3. The van der Waals surface area contributed by atoms with Gasteiger partial charge in [0.2, 0.25) is 5.03 Å². The van der Waals surface area contributed by atoms with Crippen molar-refractivity contribution in [3.05, 3.63) is 25.7 Å². The summed E-state index contributed by atoms with van der Waals surface area (Å²) in [6.07, 6.45) is 1.61. The topological polar surface area (TPSA) is 94.1 Å². The summed E-state index contributed by atoms with van der Waals surface area (Å²) in [5.41, 5.74) is 1.97. The normalized spacial score (nSPS) is 11.2. The third-order valence-corrected chi connectivity index (χ3v) is 2.53. The number of halogens is 1. The molecule has 0 saturated carbocycles. The smallest absolute Gasteiger partial charge is 0.276 e. The van der Waals surface area contributed by atoms with Crippen LogP contribution in [0.1, 0.15) is 4.88 Å². The largest absolute Gasteiger partial charge is 0.406 e. The Bertz CT molecular complexity index is 379. The lowest BCUT2D eigenvalue weighted by Crippen LogP contribution is -2.76. The van der Waals surface area contributed by atoms with Crippen LogP contribution >= 0.6 is 22.9 Å². The van der Waals surface area contributed by atoms with Crippen LogP contribution < -0.4 is 15.7 Å². The van der Waals surface area contributed by atoms with Crippen LogP contribution in [0.5, 0.6) is 0 Å². The number of hydrazine groups is 1. The number of aromatic nitrogens is 1. The first-order valence-corrected chi connectivity index (χ1v) is 5.11. The van der Waals surface area contributed by atoms with Crippen molar-refractivity contribution < 1.29 is 10.0 Å². The zero-order chi connectivity index (χ0) is 11.3. The number of guanidine groups is 1. The molecule has 0 spiro atoms. The fourth-order valence-corrected chi connectivity index (χ4v) is 1.73. The zero-order valence-corrected chi connectivity index (χ0v) is 9.35. The minimum absolute atomic E-state index is 0.213. The first-order valence-electron chi connectivity index (χ1n) is 3.91. The third-order valence-electron chi connectivity index (χ3n) is 1.42. The monoisotopic (exact) mass is 250 g/mol. The predicted molar refractivity (Wildman–Crippen MR) is 56.0 cm³/mol. The Hall–Kier alpha value is -1.41. The van der Waals surface area contributed by atoms with Gasteiger partial charge in [0.1, 0.15) is 6.54 Å². The predicted octanol–water partition coefficient (Wildman–Crippen LogP) is -1.27. The summed E-state index contributed by atoms with van der Waals surface area (Å²) in [6, 6.07) is 0. The Balaban J connectivity index is 2.45. The van der Waals surface area contributed by atoms with Gasteiger partial charge in [0.15, 0.2) is 4.47 Å². The summed E-state index contributed by atoms with van der Waals surface area (Å²) in [5, 5.41) is 12.3. The second-order valence-electron chi connectivity index (χ2n) is 2.43. The van der Waals surface area contributed by atoms with Crippen LogP contribution in [0.3, 0.4) is 0 Å². The molecule has 0 amide bonds. The first kappa shape index (κ1) is 11.7. The molecule has 0 atom stereocenters. The average Bonchev–Trinajstić information content (AvgIpc) is 2.58. The van der Waals surface area contributed by atoms with E-state index in [1.807, 2.05) is 5.43 Å². The van der Waals surface area contributed by atoms with E-state index >= 15 is 0 Å². The van der Waals surface area contributed by atoms with E-state index in [0.29, 0.717) is 11.0 Å². The molecule has 82 valence electrons. The molecule has 0 aliphatic heterocycles. The molecular weight excluding hydrogens is 242 g/mol. The van der Waals surface area contributed by atoms with E-state index in [0.717, 1.165) is 4.88 Å². The quantitative estimate of drug-likeness (QED) is 0.269.